The minimum Gasteiger partial charge on any atom is -0.480 e. The summed E-state index contributed by atoms with van der Waals surface area (Å²) < 4.78 is 4.78. The minimum atomic E-state index is -1.08. The zero-order chi connectivity index (χ0) is 15.1. The number of nitrogens with one attached hydrogen (secondary N) is 1. The second-order valence-corrected chi connectivity index (χ2v) is 6.30. The Morgan fingerprint density at radius 2 is 1.95 bits per heavy atom. The largest absolute Gasteiger partial charge is 0.480 e. The molecule has 114 valence electrons. The van der Waals surface area contributed by atoms with Gasteiger partial charge in [-0.2, -0.15) is 0 Å². The zero-order valence-corrected chi connectivity index (χ0v) is 12.5. The number of carboxylic acids is 1. The number of carbonyl (C=O) groups excluding carboxylic acids is 1. The van der Waals surface area contributed by atoms with E-state index in [1.54, 1.807) is 11.8 Å². The standard InChI is InChI=1S/C15H19NO4S/c17-14(9-20-10-15(18)19)16-12-7-3-4-8-13(12)21-11-5-1-2-6-11/h3-4,7-8,11H,1-2,5-6,9-10H2,(H,16,17)(H,18,19). The van der Waals surface area contributed by atoms with Crippen LogP contribution in [0.15, 0.2) is 29.2 Å². The lowest BCUT2D eigenvalue weighted by atomic mass is 10.3. The SMILES string of the molecule is O=C(O)COCC(=O)Nc1ccccc1SC1CCCC1. The van der Waals surface area contributed by atoms with Crippen LogP contribution in [-0.2, 0) is 14.3 Å². The molecule has 1 amide bonds. The fourth-order valence-electron chi connectivity index (χ4n) is 2.28. The van der Waals surface area contributed by atoms with Crippen molar-refractivity contribution in [3.8, 4) is 0 Å². The van der Waals surface area contributed by atoms with Crippen LogP contribution < -0.4 is 5.32 Å². The number of ether oxygens (including phenoxy) is 1. The Hall–Kier alpha value is -1.53. The second-order valence-electron chi connectivity index (χ2n) is 4.96. The normalized spacial score (nSPS) is 15.0. The molecule has 1 fully saturated rings. The van der Waals surface area contributed by atoms with Gasteiger partial charge in [0.15, 0.2) is 0 Å². The Morgan fingerprint density at radius 3 is 2.67 bits per heavy atom. The summed E-state index contributed by atoms with van der Waals surface area (Å²) in [6, 6.07) is 7.67. The number of anilines is 1. The zero-order valence-electron chi connectivity index (χ0n) is 11.7. The van der Waals surface area contributed by atoms with E-state index in [0.717, 1.165) is 10.6 Å². The van der Waals surface area contributed by atoms with E-state index in [2.05, 4.69) is 5.32 Å². The van der Waals surface area contributed by atoms with Gasteiger partial charge < -0.3 is 15.2 Å². The summed E-state index contributed by atoms with van der Waals surface area (Å²) in [4.78, 5) is 23.1. The first-order valence-corrected chi connectivity index (χ1v) is 7.88. The van der Waals surface area contributed by atoms with Crippen LogP contribution in [0.1, 0.15) is 25.7 Å². The summed E-state index contributed by atoms with van der Waals surface area (Å²) in [5.41, 5.74) is 0.762. The number of para-hydroxylation sites is 1. The van der Waals surface area contributed by atoms with Gasteiger partial charge in [-0.3, -0.25) is 4.79 Å². The molecule has 0 heterocycles. The van der Waals surface area contributed by atoms with Gasteiger partial charge in [-0.05, 0) is 25.0 Å². The van der Waals surface area contributed by atoms with Crippen LogP contribution in [0.4, 0.5) is 5.69 Å². The van der Waals surface area contributed by atoms with Gasteiger partial charge in [0.1, 0.15) is 13.2 Å². The van der Waals surface area contributed by atoms with Gasteiger partial charge in [0, 0.05) is 10.1 Å². The van der Waals surface area contributed by atoms with Gasteiger partial charge >= 0.3 is 5.97 Å². The summed E-state index contributed by atoms with van der Waals surface area (Å²) in [6.07, 6.45) is 4.98. The van der Waals surface area contributed by atoms with Crippen molar-refractivity contribution < 1.29 is 19.4 Å². The van der Waals surface area contributed by atoms with E-state index >= 15 is 0 Å². The molecule has 6 heteroatoms. The molecule has 0 aromatic heterocycles. The molecule has 0 radical (unpaired) electrons. The van der Waals surface area contributed by atoms with Crippen LogP contribution in [0, 0.1) is 0 Å². The highest BCUT2D eigenvalue weighted by molar-refractivity contribution is 8.00. The number of hydrogen-bond acceptors (Lipinski definition) is 4. The highest BCUT2D eigenvalue weighted by atomic mass is 32.2. The van der Waals surface area contributed by atoms with Crippen molar-refractivity contribution in [2.75, 3.05) is 18.5 Å². The summed E-state index contributed by atoms with van der Waals surface area (Å²) in [5, 5.41) is 11.9. The predicted molar refractivity (Wildman–Crippen MR) is 81.6 cm³/mol. The topological polar surface area (TPSA) is 75.6 Å². The van der Waals surface area contributed by atoms with Crippen molar-refractivity contribution in [2.24, 2.45) is 0 Å². The highest BCUT2D eigenvalue weighted by Gasteiger charge is 2.18. The van der Waals surface area contributed by atoms with E-state index in [4.69, 9.17) is 9.84 Å². The van der Waals surface area contributed by atoms with Gasteiger partial charge in [-0.1, -0.05) is 25.0 Å². The van der Waals surface area contributed by atoms with E-state index in [-0.39, 0.29) is 12.5 Å². The lowest BCUT2D eigenvalue weighted by molar-refractivity contribution is -0.143. The van der Waals surface area contributed by atoms with Crippen LogP contribution in [0.25, 0.3) is 0 Å². The number of hydrogen-bond donors (Lipinski definition) is 2. The monoisotopic (exact) mass is 309 g/mol. The van der Waals surface area contributed by atoms with E-state index < -0.39 is 12.6 Å². The van der Waals surface area contributed by atoms with Crippen molar-refractivity contribution in [2.45, 2.75) is 35.8 Å². The Labute approximate surface area is 128 Å². The van der Waals surface area contributed by atoms with E-state index in [1.165, 1.54) is 25.7 Å². The fraction of sp³-hybridized carbons (Fsp3) is 0.467. The molecular formula is C15H19NO4S. The molecule has 1 aliphatic carbocycles. The van der Waals surface area contributed by atoms with E-state index in [0.29, 0.717) is 5.25 Å². The molecule has 0 bridgehead atoms. The molecule has 21 heavy (non-hydrogen) atoms. The van der Waals surface area contributed by atoms with Crippen molar-refractivity contribution in [3.05, 3.63) is 24.3 Å². The van der Waals surface area contributed by atoms with Crippen molar-refractivity contribution >= 4 is 29.3 Å². The lowest BCUT2D eigenvalue weighted by Gasteiger charge is -2.14. The molecule has 0 unspecified atom stereocenters. The maximum Gasteiger partial charge on any atom is 0.329 e. The van der Waals surface area contributed by atoms with Gasteiger partial charge in [0.25, 0.3) is 0 Å². The Morgan fingerprint density at radius 1 is 1.24 bits per heavy atom. The molecule has 1 saturated carbocycles. The Balaban J connectivity index is 1.89. The number of benzene rings is 1. The summed E-state index contributed by atoms with van der Waals surface area (Å²) in [7, 11) is 0. The number of rotatable bonds is 7. The minimum absolute atomic E-state index is 0.255. The molecule has 2 N–H and O–H groups in total. The predicted octanol–water partition coefficient (Wildman–Crippen LogP) is 2.76. The number of amides is 1. The van der Waals surface area contributed by atoms with Crippen LogP contribution >= 0.6 is 11.8 Å². The maximum absolute atomic E-state index is 11.7. The molecule has 0 atom stereocenters. The molecule has 0 saturated heterocycles. The molecule has 1 aliphatic rings. The molecule has 1 aromatic rings. The third-order valence-electron chi connectivity index (χ3n) is 3.22. The number of carboxylic acid groups (broad SMARTS) is 1. The van der Waals surface area contributed by atoms with Crippen LogP contribution in [0.2, 0.25) is 0 Å². The number of thioether (sulfide) groups is 1. The summed E-state index contributed by atoms with van der Waals surface area (Å²) in [5.74, 6) is -1.42. The lowest BCUT2D eigenvalue weighted by Crippen LogP contribution is -2.21. The molecule has 0 spiro atoms. The van der Waals surface area contributed by atoms with E-state index in [1.807, 2.05) is 24.3 Å². The average Bonchev–Trinajstić information content (AvgIpc) is 2.93. The fourth-order valence-corrected chi connectivity index (χ4v) is 3.61. The first kappa shape index (κ1) is 15.9. The Kier molecular flexibility index (Phi) is 6.07. The van der Waals surface area contributed by atoms with Crippen LogP contribution in [0.3, 0.4) is 0 Å². The summed E-state index contributed by atoms with van der Waals surface area (Å²) in [6.45, 7) is -0.722. The van der Waals surface area contributed by atoms with Crippen molar-refractivity contribution in [1.29, 1.82) is 0 Å². The third-order valence-corrected chi connectivity index (χ3v) is 4.63. The molecule has 1 aromatic carbocycles. The average molecular weight is 309 g/mol. The quantitative estimate of drug-likeness (QED) is 0.810. The molecule has 0 aliphatic heterocycles. The van der Waals surface area contributed by atoms with Crippen LogP contribution in [0.5, 0.6) is 0 Å². The van der Waals surface area contributed by atoms with Gasteiger partial charge in [0.05, 0.1) is 5.69 Å². The molecular weight excluding hydrogens is 290 g/mol. The van der Waals surface area contributed by atoms with Crippen molar-refractivity contribution in [1.82, 2.24) is 0 Å². The Bertz CT molecular complexity index is 500. The molecule has 5 nitrogen and oxygen atoms in total. The second kappa shape index (κ2) is 8.05. The smallest absolute Gasteiger partial charge is 0.329 e. The van der Waals surface area contributed by atoms with E-state index in [9.17, 15) is 9.59 Å². The number of carbonyl (C=O) groups is 2. The van der Waals surface area contributed by atoms with Gasteiger partial charge in [0.2, 0.25) is 5.91 Å². The van der Waals surface area contributed by atoms with Crippen molar-refractivity contribution in [3.63, 3.8) is 0 Å². The number of aliphatic carboxylic acids is 1. The summed E-state index contributed by atoms with van der Waals surface area (Å²) >= 11 is 1.80. The third kappa shape index (κ3) is 5.40. The first-order chi connectivity index (χ1) is 10.1. The van der Waals surface area contributed by atoms with Gasteiger partial charge in [-0.25, -0.2) is 4.79 Å². The van der Waals surface area contributed by atoms with Crippen LogP contribution in [-0.4, -0.2) is 35.4 Å². The van der Waals surface area contributed by atoms with Gasteiger partial charge in [-0.15, -0.1) is 11.8 Å². The highest BCUT2D eigenvalue weighted by Crippen LogP contribution is 2.37. The maximum atomic E-state index is 11.7. The molecule has 2 rings (SSSR count). The first-order valence-electron chi connectivity index (χ1n) is 7.00.